The molecule has 0 heterocycles. The van der Waals surface area contributed by atoms with E-state index in [1.54, 1.807) is 6.08 Å². The lowest BCUT2D eigenvalue weighted by molar-refractivity contribution is -0.140. The van der Waals surface area contributed by atoms with Crippen LogP contribution in [0.5, 0.6) is 0 Å². The molecule has 0 saturated carbocycles. The maximum Gasteiger partial charge on any atom is 0.305 e. The van der Waals surface area contributed by atoms with E-state index in [0.717, 1.165) is 0 Å². The molecule has 0 spiro atoms. The summed E-state index contributed by atoms with van der Waals surface area (Å²) in [5.41, 5.74) is 2.71. The predicted octanol–water partition coefficient (Wildman–Crippen LogP) is 0.643. The highest BCUT2D eigenvalue weighted by Gasteiger charge is 1.94. The van der Waals surface area contributed by atoms with E-state index in [0.29, 0.717) is 12.8 Å². The number of rotatable bonds is 4. The van der Waals surface area contributed by atoms with Gasteiger partial charge in [-0.05, 0) is 18.6 Å². The van der Waals surface area contributed by atoms with Crippen molar-refractivity contribution in [2.24, 2.45) is 0 Å². The fraction of sp³-hybridized carbons (Fsp3) is 0.500. The van der Waals surface area contributed by atoms with E-state index in [4.69, 9.17) is 5.11 Å². The van der Waals surface area contributed by atoms with Gasteiger partial charge in [0.05, 0.1) is 13.7 Å². The van der Waals surface area contributed by atoms with Crippen LogP contribution in [0.1, 0.15) is 12.8 Å². The Hall–Kier alpha value is -1.05. The molecule has 0 bridgehead atoms. The van der Waals surface area contributed by atoms with Crippen molar-refractivity contribution in [3.05, 3.63) is 17.9 Å². The van der Waals surface area contributed by atoms with Crippen LogP contribution in [0.25, 0.3) is 0 Å². The molecule has 0 fully saturated rings. The van der Waals surface area contributed by atoms with Gasteiger partial charge in [0.25, 0.3) is 0 Å². The van der Waals surface area contributed by atoms with Crippen molar-refractivity contribution in [2.75, 3.05) is 13.7 Å². The Morgan fingerprint density at radius 2 is 2.36 bits per heavy atom. The number of hydrogen-bond acceptors (Lipinski definition) is 3. The minimum atomic E-state index is -0.230. The van der Waals surface area contributed by atoms with E-state index in [1.807, 2.05) is 0 Å². The quantitative estimate of drug-likeness (QED) is 0.480. The molecule has 1 N–H and O–H groups in total. The molecule has 62 valence electrons. The van der Waals surface area contributed by atoms with Gasteiger partial charge in [0, 0.05) is 6.42 Å². The van der Waals surface area contributed by atoms with Crippen LogP contribution in [0.15, 0.2) is 17.9 Å². The lowest BCUT2D eigenvalue weighted by Gasteiger charge is -1.92. The Bertz CT molecular complexity index is 166. The van der Waals surface area contributed by atoms with E-state index in [-0.39, 0.29) is 12.6 Å². The number of esters is 1. The Kier molecular flexibility index (Phi) is 6.39. The summed E-state index contributed by atoms with van der Waals surface area (Å²) in [6.45, 7) is -0.0191. The van der Waals surface area contributed by atoms with Gasteiger partial charge in [0.1, 0.15) is 0 Å². The summed E-state index contributed by atoms with van der Waals surface area (Å²) >= 11 is 0. The fourth-order valence-electron chi connectivity index (χ4n) is 0.511. The van der Waals surface area contributed by atoms with Crippen molar-refractivity contribution in [3.63, 3.8) is 0 Å². The summed E-state index contributed by atoms with van der Waals surface area (Å²) in [4.78, 5) is 10.5. The molecule has 11 heavy (non-hydrogen) atoms. The van der Waals surface area contributed by atoms with Gasteiger partial charge in [0.15, 0.2) is 0 Å². The van der Waals surface area contributed by atoms with Crippen LogP contribution < -0.4 is 0 Å². The fourth-order valence-corrected chi connectivity index (χ4v) is 0.511. The van der Waals surface area contributed by atoms with Crippen LogP contribution in [-0.4, -0.2) is 24.8 Å². The predicted molar refractivity (Wildman–Crippen MR) is 41.0 cm³/mol. The van der Waals surface area contributed by atoms with Crippen LogP contribution in [0.3, 0.4) is 0 Å². The van der Waals surface area contributed by atoms with Crippen molar-refractivity contribution < 1.29 is 14.6 Å². The normalized spacial score (nSPS) is 8.18. The number of methoxy groups -OCH3 is 1. The number of aliphatic hydroxyl groups is 1. The van der Waals surface area contributed by atoms with Gasteiger partial charge in [-0.2, -0.15) is 0 Å². The second-order valence-electron chi connectivity index (χ2n) is 1.87. The zero-order valence-electron chi connectivity index (χ0n) is 6.54. The molecule has 0 radical (unpaired) electrons. The molecule has 3 nitrogen and oxygen atoms in total. The Morgan fingerprint density at radius 1 is 1.64 bits per heavy atom. The van der Waals surface area contributed by atoms with Gasteiger partial charge >= 0.3 is 5.97 Å². The highest BCUT2D eigenvalue weighted by molar-refractivity contribution is 5.69. The molecule has 0 rings (SSSR count). The van der Waals surface area contributed by atoms with Crippen LogP contribution in [0, 0.1) is 0 Å². The largest absolute Gasteiger partial charge is 0.469 e. The van der Waals surface area contributed by atoms with E-state index in [9.17, 15) is 4.79 Å². The van der Waals surface area contributed by atoms with Crippen LogP contribution in [0.2, 0.25) is 0 Å². The summed E-state index contributed by atoms with van der Waals surface area (Å²) in [6, 6.07) is 0. The van der Waals surface area contributed by atoms with Crippen molar-refractivity contribution >= 4 is 5.97 Å². The van der Waals surface area contributed by atoms with Crippen molar-refractivity contribution in [1.82, 2.24) is 0 Å². The zero-order chi connectivity index (χ0) is 8.53. The summed E-state index contributed by atoms with van der Waals surface area (Å²) < 4.78 is 4.41. The summed E-state index contributed by atoms with van der Waals surface area (Å²) in [5.74, 6) is -0.230. The Balaban J connectivity index is 3.41. The van der Waals surface area contributed by atoms with Crippen LogP contribution in [0.4, 0.5) is 0 Å². The van der Waals surface area contributed by atoms with Crippen LogP contribution in [-0.2, 0) is 9.53 Å². The third-order valence-corrected chi connectivity index (χ3v) is 1.05. The molecule has 0 aliphatic carbocycles. The highest BCUT2D eigenvalue weighted by atomic mass is 16.5. The number of ether oxygens (including phenoxy) is 1. The number of aliphatic hydroxyl groups excluding tert-OH is 1. The lowest BCUT2D eigenvalue weighted by atomic mass is 10.3. The molecule has 0 aliphatic heterocycles. The van der Waals surface area contributed by atoms with Gasteiger partial charge in [-0.3, -0.25) is 4.79 Å². The van der Waals surface area contributed by atoms with Crippen LogP contribution >= 0.6 is 0 Å². The maximum absolute atomic E-state index is 10.5. The smallest absolute Gasteiger partial charge is 0.305 e. The maximum atomic E-state index is 10.5. The highest BCUT2D eigenvalue weighted by Crippen LogP contribution is 1.91. The first-order valence-electron chi connectivity index (χ1n) is 3.38. The van der Waals surface area contributed by atoms with Gasteiger partial charge < -0.3 is 9.84 Å². The first kappa shape index (κ1) is 9.95. The SMILES string of the molecule is COC(=O)CCC=C=CCO. The number of carbonyl (C=O) groups excluding carboxylic acids is 1. The first-order valence-corrected chi connectivity index (χ1v) is 3.38. The molecule has 0 aromatic heterocycles. The number of hydrogen-bond donors (Lipinski definition) is 1. The molecule has 0 saturated heterocycles. The second kappa shape index (κ2) is 7.06. The minimum absolute atomic E-state index is 0.0191. The minimum Gasteiger partial charge on any atom is -0.469 e. The lowest BCUT2D eigenvalue weighted by Crippen LogP contribution is -1.97. The summed E-state index contributed by atoms with van der Waals surface area (Å²) in [6.07, 6.45) is 4.14. The molecule has 3 heteroatoms. The van der Waals surface area contributed by atoms with E-state index in [2.05, 4.69) is 10.5 Å². The van der Waals surface area contributed by atoms with E-state index >= 15 is 0 Å². The molecular formula is C8H12O3. The third-order valence-electron chi connectivity index (χ3n) is 1.05. The molecule has 0 unspecified atom stereocenters. The van der Waals surface area contributed by atoms with Gasteiger partial charge in [0.2, 0.25) is 0 Å². The zero-order valence-corrected chi connectivity index (χ0v) is 6.54. The van der Waals surface area contributed by atoms with Gasteiger partial charge in [-0.25, -0.2) is 0 Å². The molecule has 0 aromatic rings. The average molecular weight is 156 g/mol. The first-order chi connectivity index (χ1) is 5.31. The van der Waals surface area contributed by atoms with Crippen molar-refractivity contribution in [2.45, 2.75) is 12.8 Å². The summed E-state index contributed by atoms with van der Waals surface area (Å²) in [5, 5.41) is 8.29. The molecule has 0 atom stereocenters. The molecule has 0 aliphatic rings. The number of carbonyl (C=O) groups is 1. The third kappa shape index (κ3) is 6.84. The Morgan fingerprint density at radius 3 is 2.91 bits per heavy atom. The van der Waals surface area contributed by atoms with Crippen molar-refractivity contribution in [3.8, 4) is 0 Å². The topological polar surface area (TPSA) is 46.5 Å². The van der Waals surface area contributed by atoms with E-state index < -0.39 is 0 Å². The second-order valence-corrected chi connectivity index (χ2v) is 1.87. The van der Waals surface area contributed by atoms with E-state index in [1.165, 1.54) is 13.2 Å². The van der Waals surface area contributed by atoms with Crippen molar-refractivity contribution in [1.29, 1.82) is 0 Å². The van der Waals surface area contributed by atoms with Gasteiger partial charge in [-0.15, -0.1) is 5.73 Å². The monoisotopic (exact) mass is 156 g/mol. The average Bonchev–Trinajstić information content (AvgIpc) is 2.04. The molecule has 0 amide bonds. The molecular weight excluding hydrogens is 144 g/mol. The summed E-state index contributed by atoms with van der Waals surface area (Å²) in [7, 11) is 1.36. The Labute approximate surface area is 66.0 Å². The standard InChI is InChI=1S/C8H12O3/c1-11-8(10)6-4-2-3-5-7-9/h2,5,9H,4,6-7H2,1H3. The van der Waals surface area contributed by atoms with Gasteiger partial charge in [-0.1, -0.05) is 0 Å². The molecule has 0 aromatic carbocycles.